The Morgan fingerprint density at radius 1 is 1.29 bits per heavy atom. The van der Waals surface area contributed by atoms with Gasteiger partial charge in [-0.05, 0) is 55.8 Å². The molecule has 0 aromatic carbocycles. The maximum Gasteiger partial charge on any atom is 0.407 e. The Morgan fingerprint density at radius 3 is 2.52 bits per heavy atom. The smallest absolute Gasteiger partial charge is 0.407 e. The van der Waals surface area contributed by atoms with Gasteiger partial charge in [-0.2, -0.15) is 0 Å². The molecule has 1 amide bonds. The topological polar surface area (TPSA) is 75.6 Å². The molecule has 4 bridgehead atoms. The van der Waals surface area contributed by atoms with Crippen LogP contribution < -0.4 is 5.32 Å². The van der Waals surface area contributed by atoms with E-state index in [4.69, 9.17) is 4.74 Å². The van der Waals surface area contributed by atoms with Crippen molar-refractivity contribution < 1.29 is 19.4 Å². The SMILES string of the molecule is C=CCOC(=O)NC12CC3CC(CC(CC(=O)O)(C3)C1)C2. The molecule has 0 aromatic rings. The third-order valence-electron chi connectivity index (χ3n) is 5.41. The lowest BCUT2D eigenvalue weighted by Crippen LogP contribution is -2.63. The molecule has 4 saturated carbocycles. The lowest BCUT2D eigenvalue weighted by atomic mass is 9.46. The van der Waals surface area contributed by atoms with Crippen molar-refractivity contribution in [2.45, 2.75) is 50.5 Å². The number of hydrogen-bond donors (Lipinski definition) is 2. The van der Waals surface area contributed by atoms with Crippen molar-refractivity contribution in [2.24, 2.45) is 17.3 Å². The summed E-state index contributed by atoms with van der Waals surface area (Å²) < 4.78 is 5.06. The number of nitrogens with one attached hydrogen (secondary N) is 1. The zero-order valence-corrected chi connectivity index (χ0v) is 12.3. The van der Waals surface area contributed by atoms with E-state index in [1.54, 1.807) is 6.08 Å². The second kappa shape index (κ2) is 5.04. The quantitative estimate of drug-likeness (QED) is 0.764. The van der Waals surface area contributed by atoms with Crippen LogP contribution >= 0.6 is 0 Å². The van der Waals surface area contributed by atoms with E-state index in [0.29, 0.717) is 11.8 Å². The van der Waals surface area contributed by atoms with E-state index in [9.17, 15) is 14.7 Å². The van der Waals surface area contributed by atoms with Gasteiger partial charge < -0.3 is 15.2 Å². The lowest BCUT2D eigenvalue weighted by molar-refractivity contribution is -0.147. The minimum atomic E-state index is -0.721. The van der Waals surface area contributed by atoms with Gasteiger partial charge >= 0.3 is 12.1 Å². The number of carbonyl (C=O) groups is 2. The van der Waals surface area contributed by atoms with Crippen molar-refractivity contribution in [1.29, 1.82) is 0 Å². The third-order valence-corrected chi connectivity index (χ3v) is 5.41. The number of carbonyl (C=O) groups excluding carboxylic acids is 1. The summed E-state index contributed by atoms with van der Waals surface area (Å²) in [5.41, 5.74) is -0.376. The Balaban J connectivity index is 1.75. The van der Waals surface area contributed by atoms with Gasteiger partial charge in [-0.1, -0.05) is 12.7 Å². The molecule has 0 spiro atoms. The highest BCUT2D eigenvalue weighted by Crippen LogP contribution is 2.62. The highest BCUT2D eigenvalue weighted by atomic mass is 16.5. The molecule has 4 rings (SSSR count). The van der Waals surface area contributed by atoms with Crippen LogP contribution in [0.3, 0.4) is 0 Å². The Labute approximate surface area is 124 Å². The average Bonchev–Trinajstić information content (AvgIpc) is 2.32. The number of rotatable bonds is 5. The number of amides is 1. The van der Waals surface area contributed by atoms with Crippen LogP contribution in [0.2, 0.25) is 0 Å². The molecule has 0 saturated heterocycles. The zero-order valence-electron chi connectivity index (χ0n) is 12.3. The number of alkyl carbamates (subject to hydrolysis) is 1. The van der Waals surface area contributed by atoms with E-state index in [1.165, 1.54) is 6.42 Å². The molecular formula is C16H23NO4. The minimum absolute atomic E-state index is 0.123. The van der Waals surface area contributed by atoms with E-state index in [-0.39, 0.29) is 24.0 Å². The maximum atomic E-state index is 11.9. The summed E-state index contributed by atoms with van der Waals surface area (Å²) in [6.45, 7) is 3.74. The fourth-order valence-electron chi connectivity index (χ4n) is 5.51. The van der Waals surface area contributed by atoms with Crippen LogP contribution in [-0.2, 0) is 9.53 Å². The van der Waals surface area contributed by atoms with Crippen LogP contribution in [0, 0.1) is 17.3 Å². The van der Waals surface area contributed by atoms with Crippen molar-refractivity contribution in [3.05, 3.63) is 12.7 Å². The maximum absolute atomic E-state index is 11.9. The van der Waals surface area contributed by atoms with Crippen molar-refractivity contribution >= 4 is 12.1 Å². The lowest BCUT2D eigenvalue weighted by Gasteiger charge is -2.61. The first-order valence-corrected chi connectivity index (χ1v) is 7.72. The molecule has 21 heavy (non-hydrogen) atoms. The number of hydrogen-bond acceptors (Lipinski definition) is 3. The largest absolute Gasteiger partial charge is 0.481 e. The second-order valence-electron chi connectivity index (χ2n) is 7.32. The molecule has 0 radical (unpaired) electrons. The summed E-state index contributed by atoms with van der Waals surface area (Å²) in [4.78, 5) is 23.1. The molecule has 0 aromatic heterocycles. The average molecular weight is 293 g/mol. The first-order chi connectivity index (χ1) is 9.94. The summed E-state index contributed by atoms with van der Waals surface area (Å²) >= 11 is 0. The normalized spacial score (nSPS) is 39.8. The van der Waals surface area contributed by atoms with Crippen LogP contribution in [-0.4, -0.2) is 29.3 Å². The van der Waals surface area contributed by atoms with Gasteiger partial charge in [0.1, 0.15) is 6.61 Å². The van der Waals surface area contributed by atoms with Gasteiger partial charge in [0.05, 0.1) is 6.42 Å². The minimum Gasteiger partial charge on any atom is -0.481 e. The van der Waals surface area contributed by atoms with Crippen LogP contribution in [0.4, 0.5) is 4.79 Å². The zero-order chi connectivity index (χ0) is 15.1. The van der Waals surface area contributed by atoms with E-state index in [1.807, 2.05) is 0 Å². The Kier molecular flexibility index (Phi) is 3.46. The van der Waals surface area contributed by atoms with Gasteiger partial charge in [-0.25, -0.2) is 4.79 Å². The Morgan fingerprint density at radius 2 is 1.95 bits per heavy atom. The van der Waals surface area contributed by atoms with E-state index < -0.39 is 12.1 Å². The van der Waals surface area contributed by atoms with Crippen LogP contribution in [0.15, 0.2) is 12.7 Å². The van der Waals surface area contributed by atoms with E-state index >= 15 is 0 Å². The Bertz CT molecular complexity index is 459. The Hall–Kier alpha value is -1.52. The summed E-state index contributed by atoms with van der Waals surface area (Å²) in [6.07, 6.45) is 7.28. The highest BCUT2D eigenvalue weighted by Gasteiger charge is 2.58. The molecule has 2 unspecified atom stereocenters. The molecule has 0 heterocycles. The number of carboxylic acid groups (broad SMARTS) is 1. The number of aliphatic carboxylic acids is 1. The second-order valence-corrected chi connectivity index (χ2v) is 7.32. The first kappa shape index (κ1) is 14.4. The van der Waals surface area contributed by atoms with Crippen LogP contribution in [0.5, 0.6) is 0 Å². The van der Waals surface area contributed by atoms with Crippen molar-refractivity contribution in [2.75, 3.05) is 6.61 Å². The summed E-state index contributed by atoms with van der Waals surface area (Å²) in [6, 6.07) is 0. The van der Waals surface area contributed by atoms with Crippen molar-refractivity contribution in [3.8, 4) is 0 Å². The standard InChI is InChI=1S/C16H23NO4/c1-2-3-21-14(20)17-16-7-11-4-12(8-16)6-15(5-11,10-16)9-13(18)19/h2,11-12H,1,3-10H2,(H,17,20)(H,18,19). The van der Waals surface area contributed by atoms with Gasteiger partial charge in [-0.3, -0.25) is 4.79 Å². The fourth-order valence-corrected chi connectivity index (χ4v) is 5.51. The van der Waals surface area contributed by atoms with Gasteiger partial charge in [0.2, 0.25) is 0 Å². The molecule has 4 aliphatic rings. The molecule has 2 N–H and O–H groups in total. The van der Waals surface area contributed by atoms with Gasteiger partial charge in [0.25, 0.3) is 0 Å². The predicted molar refractivity (Wildman–Crippen MR) is 76.8 cm³/mol. The molecule has 2 atom stereocenters. The highest BCUT2D eigenvalue weighted by molar-refractivity contribution is 5.69. The number of ether oxygens (including phenoxy) is 1. The van der Waals surface area contributed by atoms with Gasteiger partial charge in [-0.15, -0.1) is 0 Å². The van der Waals surface area contributed by atoms with Crippen LogP contribution in [0.1, 0.15) is 44.9 Å². The molecule has 4 fully saturated rings. The van der Waals surface area contributed by atoms with E-state index in [2.05, 4.69) is 11.9 Å². The summed E-state index contributed by atoms with van der Waals surface area (Å²) in [5, 5.41) is 12.3. The third kappa shape index (κ3) is 2.78. The molecule has 0 aliphatic heterocycles. The summed E-state index contributed by atoms with van der Waals surface area (Å²) in [7, 11) is 0. The number of carboxylic acids is 1. The molecule has 4 aliphatic carbocycles. The fraction of sp³-hybridized carbons (Fsp3) is 0.750. The van der Waals surface area contributed by atoms with E-state index in [0.717, 1.165) is 32.1 Å². The van der Waals surface area contributed by atoms with Crippen molar-refractivity contribution in [3.63, 3.8) is 0 Å². The predicted octanol–water partition coefficient (Wildman–Crippen LogP) is 2.71. The molecule has 5 nitrogen and oxygen atoms in total. The first-order valence-electron chi connectivity index (χ1n) is 7.72. The van der Waals surface area contributed by atoms with Crippen molar-refractivity contribution in [1.82, 2.24) is 5.32 Å². The van der Waals surface area contributed by atoms with Crippen LogP contribution in [0.25, 0.3) is 0 Å². The molecule has 116 valence electrons. The van der Waals surface area contributed by atoms with Gasteiger partial charge in [0, 0.05) is 5.54 Å². The monoisotopic (exact) mass is 293 g/mol. The summed E-state index contributed by atoms with van der Waals surface area (Å²) in [5.74, 6) is 0.372. The van der Waals surface area contributed by atoms with Gasteiger partial charge in [0.15, 0.2) is 0 Å². The molecule has 5 heteroatoms. The molecular weight excluding hydrogens is 270 g/mol.